The Balaban J connectivity index is 0.000000287. The third-order valence-electron chi connectivity index (χ3n) is 6.12. The van der Waals surface area contributed by atoms with E-state index in [2.05, 4.69) is 68.5 Å². The molecule has 1 fully saturated rings. The average Bonchev–Trinajstić information content (AvgIpc) is 3.33. The molecule has 0 aliphatic heterocycles. The first-order valence-electron chi connectivity index (χ1n) is 10.2. The van der Waals surface area contributed by atoms with Crippen LogP contribution in [0.1, 0.15) is 65.8 Å². The van der Waals surface area contributed by atoms with Gasteiger partial charge in [0.1, 0.15) is 0 Å². The Bertz CT molecular complexity index is 920. The van der Waals surface area contributed by atoms with Crippen LogP contribution in [0, 0.1) is 19.9 Å². The molecule has 3 aliphatic rings. The maximum absolute atomic E-state index is 3.72. The molecule has 0 bridgehead atoms. The molecule has 0 unspecified atom stereocenters. The van der Waals surface area contributed by atoms with Gasteiger partial charge in [-0.1, -0.05) is 73.5 Å². The monoisotopic (exact) mass is 499 g/mol. The first kappa shape index (κ1) is 24.5. The van der Waals surface area contributed by atoms with Gasteiger partial charge in [0.05, 0.1) is 0 Å². The SMILES string of the molecule is Cc1c(C2C=CC=C2)[c-]c2c(c1C)-c1ccccc1C2.[Cl-].[Cl-].[Zr+2]=[C]1CCCCC1. The molecule has 0 aromatic heterocycles. The van der Waals surface area contributed by atoms with Crippen LogP contribution in [0.2, 0.25) is 0 Å². The van der Waals surface area contributed by atoms with E-state index in [0.29, 0.717) is 5.92 Å². The molecule has 0 nitrogen and oxygen atoms in total. The van der Waals surface area contributed by atoms with E-state index in [1.165, 1.54) is 71.0 Å². The predicted molar refractivity (Wildman–Crippen MR) is 112 cm³/mol. The summed E-state index contributed by atoms with van der Waals surface area (Å²) in [4.78, 5) is 0. The van der Waals surface area contributed by atoms with Crippen LogP contribution in [-0.4, -0.2) is 3.21 Å². The number of allylic oxidation sites excluding steroid dienone is 4. The zero-order chi connectivity index (χ0) is 18.8. The molecule has 2 aromatic carbocycles. The summed E-state index contributed by atoms with van der Waals surface area (Å²) in [5.41, 5.74) is 9.80. The van der Waals surface area contributed by atoms with E-state index < -0.39 is 0 Å². The summed E-state index contributed by atoms with van der Waals surface area (Å²) in [6, 6.07) is 12.5. The molecular weight excluding hydrogens is 474 g/mol. The maximum atomic E-state index is 3.72. The number of hydrogen-bond donors (Lipinski definition) is 0. The Morgan fingerprint density at radius 3 is 2.17 bits per heavy atom. The molecule has 0 spiro atoms. The van der Waals surface area contributed by atoms with E-state index in [0.717, 1.165) is 6.42 Å². The summed E-state index contributed by atoms with van der Waals surface area (Å²) in [7, 11) is 0. The van der Waals surface area contributed by atoms with Gasteiger partial charge >= 0.3 is 59.5 Å². The van der Waals surface area contributed by atoms with E-state index in [1.807, 2.05) is 0 Å². The fourth-order valence-electron chi connectivity index (χ4n) is 4.48. The van der Waals surface area contributed by atoms with Gasteiger partial charge in [-0.3, -0.25) is 0 Å². The van der Waals surface area contributed by atoms with Gasteiger partial charge in [-0.25, -0.2) is 0 Å². The molecule has 0 amide bonds. The third kappa shape index (κ3) is 5.30. The summed E-state index contributed by atoms with van der Waals surface area (Å²) in [5, 5.41) is 0. The Morgan fingerprint density at radius 1 is 0.897 bits per heavy atom. The van der Waals surface area contributed by atoms with Gasteiger partial charge in [-0.05, 0) is 12.3 Å². The molecule has 150 valence electrons. The quantitative estimate of drug-likeness (QED) is 0.428. The second kappa shape index (κ2) is 11.0. The molecule has 0 saturated heterocycles. The van der Waals surface area contributed by atoms with Crippen molar-refractivity contribution in [2.45, 2.75) is 58.3 Å². The summed E-state index contributed by atoms with van der Waals surface area (Å²) in [6.45, 7) is 4.50. The summed E-state index contributed by atoms with van der Waals surface area (Å²) >= 11 is 1.69. The van der Waals surface area contributed by atoms with Crippen LogP contribution in [0.5, 0.6) is 0 Å². The molecule has 0 radical (unpaired) electrons. The zero-order valence-electron chi connectivity index (χ0n) is 17.2. The Morgan fingerprint density at radius 2 is 1.55 bits per heavy atom. The second-order valence-electron chi connectivity index (χ2n) is 7.94. The fourth-order valence-corrected chi connectivity index (χ4v) is 5.35. The van der Waals surface area contributed by atoms with Crippen molar-refractivity contribution in [3.63, 3.8) is 0 Å². The second-order valence-corrected chi connectivity index (χ2v) is 9.67. The average molecular weight is 502 g/mol. The van der Waals surface area contributed by atoms with Crippen molar-refractivity contribution in [1.82, 2.24) is 0 Å². The van der Waals surface area contributed by atoms with E-state index in [9.17, 15) is 0 Å². The minimum absolute atomic E-state index is 0. The Hall–Kier alpha value is -0.747. The normalized spacial score (nSPS) is 16.3. The first-order chi connectivity index (χ1) is 13.1. The van der Waals surface area contributed by atoms with E-state index >= 15 is 0 Å². The molecule has 3 aliphatic carbocycles. The van der Waals surface area contributed by atoms with Crippen molar-refractivity contribution in [1.29, 1.82) is 0 Å². The topological polar surface area (TPSA) is 0 Å². The van der Waals surface area contributed by atoms with Crippen LogP contribution >= 0.6 is 0 Å². The van der Waals surface area contributed by atoms with E-state index in [1.54, 1.807) is 27.4 Å². The number of halogens is 2. The van der Waals surface area contributed by atoms with E-state index in [-0.39, 0.29) is 24.8 Å². The van der Waals surface area contributed by atoms with Gasteiger partial charge in [-0.15, -0.1) is 22.3 Å². The molecule has 3 heteroatoms. The molecule has 0 N–H and O–H groups in total. The molecule has 5 rings (SSSR count). The van der Waals surface area contributed by atoms with Crippen molar-refractivity contribution >= 4 is 3.21 Å². The van der Waals surface area contributed by atoms with E-state index in [4.69, 9.17) is 0 Å². The summed E-state index contributed by atoms with van der Waals surface area (Å²) in [6.07, 6.45) is 17.1. The molecule has 0 heterocycles. The number of hydrogen-bond acceptors (Lipinski definition) is 0. The van der Waals surface area contributed by atoms with Crippen LogP contribution in [0.15, 0.2) is 48.6 Å². The molecular formula is C26H27Cl2Zr-. The summed E-state index contributed by atoms with van der Waals surface area (Å²) in [5.74, 6) is 0.405. The van der Waals surface area contributed by atoms with Crippen LogP contribution in [0.25, 0.3) is 11.1 Å². The first-order valence-corrected chi connectivity index (χ1v) is 11.4. The number of benzene rings is 2. The Kier molecular flexibility index (Phi) is 9.33. The minimum atomic E-state index is 0. The van der Waals surface area contributed by atoms with Gasteiger partial charge < -0.3 is 24.8 Å². The van der Waals surface area contributed by atoms with Crippen molar-refractivity contribution in [3.8, 4) is 11.1 Å². The van der Waals surface area contributed by atoms with Crippen molar-refractivity contribution in [2.75, 3.05) is 0 Å². The van der Waals surface area contributed by atoms with Gasteiger partial charge in [0.25, 0.3) is 0 Å². The third-order valence-corrected chi connectivity index (χ3v) is 7.35. The molecule has 1 saturated carbocycles. The molecule has 29 heavy (non-hydrogen) atoms. The number of fused-ring (bicyclic) bond motifs is 3. The van der Waals surface area contributed by atoms with Crippen molar-refractivity contribution in [2.24, 2.45) is 0 Å². The number of rotatable bonds is 1. The van der Waals surface area contributed by atoms with Gasteiger partial charge in [0, 0.05) is 0 Å². The predicted octanol–water partition coefficient (Wildman–Crippen LogP) is 0.562. The Labute approximate surface area is 203 Å². The zero-order valence-corrected chi connectivity index (χ0v) is 21.2. The fraction of sp³-hybridized carbons (Fsp3) is 0.346. The van der Waals surface area contributed by atoms with Crippen LogP contribution < -0.4 is 24.8 Å². The standard InChI is InChI=1S/C20H17.C6H10.2ClH.Zr/c1-13-14(2)20-17(11-16-9-5-6-10-18(16)20)12-19(13)15-7-3-4-8-15;1-2-4-6-5-3-1;;;/h3-10,15H,11H2,1-2H3;1-5H2;2*1H;/q-1;;;;+2/p-2. The van der Waals surface area contributed by atoms with Gasteiger partial charge in [0.15, 0.2) is 0 Å². The van der Waals surface area contributed by atoms with Crippen molar-refractivity contribution < 1.29 is 49.0 Å². The van der Waals surface area contributed by atoms with Crippen LogP contribution in [0.3, 0.4) is 0 Å². The van der Waals surface area contributed by atoms with Crippen molar-refractivity contribution in [3.05, 3.63) is 82.5 Å². The van der Waals surface area contributed by atoms with Gasteiger partial charge in [-0.2, -0.15) is 11.6 Å². The molecule has 0 atom stereocenters. The van der Waals surface area contributed by atoms with Gasteiger partial charge in [0.2, 0.25) is 0 Å². The van der Waals surface area contributed by atoms with Crippen LogP contribution in [-0.2, 0) is 30.7 Å². The molecule has 2 aromatic rings. The summed E-state index contributed by atoms with van der Waals surface area (Å²) < 4.78 is 1.80. The van der Waals surface area contributed by atoms with Crippen LogP contribution in [0.4, 0.5) is 0 Å².